The van der Waals surface area contributed by atoms with E-state index < -0.39 is 0 Å². The summed E-state index contributed by atoms with van der Waals surface area (Å²) in [6.45, 7) is 2.26. The zero-order valence-electron chi connectivity index (χ0n) is 15.1. The Morgan fingerprint density at radius 2 is 1.62 bits per heavy atom. The number of hydrogen-bond donors (Lipinski definition) is 1. The first-order valence-electron chi connectivity index (χ1n) is 9.56. The van der Waals surface area contributed by atoms with Crippen molar-refractivity contribution in [2.24, 2.45) is 0 Å². The third kappa shape index (κ3) is 3.44. The lowest BCUT2D eigenvalue weighted by Crippen LogP contribution is -2.36. The first-order chi connectivity index (χ1) is 12.9. The van der Waals surface area contributed by atoms with E-state index in [0.29, 0.717) is 5.92 Å². The van der Waals surface area contributed by atoms with E-state index in [4.69, 9.17) is 0 Å². The third-order valence-corrected chi connectivity index (χ3v) is 6.12. The van der Waals surface area contributed by atoms with Crippen molar-refractivity contribution in [2.75, 3.05) is 0 Å². The molecule has 0 saturated carbocycles. The van der Waals surface area contributed by atoms with Gasteiger partial charge in [0.1, 0.15) is 0 Å². The molecule has 1 N–H and O–H groups in total. The molecule has 4 heteroatoms. The number of nitrogens with one attached hydrogen (secondary N) is 1. The molecule has 0 fully saturated rings. The number of nitrogens with zero attached hydrogens (tertiary/aromatic N) is 2. The minimum Gasteiger partial charge on any atom is -0.298 e. The fraction of sp³-hybridized carbons (Fsp3) is 0.364. The summed E-state index contributed by atoms with van der Waals surface area (Å²) < 4.78 is 4.34. The number of benzene rings is 2. The predicted molar refractivity (Wildman–Crippen MR) is 107 cm³/mol. The minimum absolute atomic E-state index is 0.166. The molecule has 0 radical (unpaired) electrons. The molecule has 3 aromatic rings. The van der Waals surface area contributed by atoms with Crippen LogP contribution < -0.4 is 5.32 Å². The number of unbranched alkanes of at least 4 members (excludes halogenated alkanes) is 2. The topological polar surface area (TPSA) is 37.8 Å². The highest BCUT2D eigenvalue weighted by atomic mass is 32.1. The van der Waals surface area contributed by atoms with Crippen LogP contribution in [0.2, 0.25) is 0 Å². The molecule has 2 heterocycles. The van der Waals surface area contributed by atoms with Crippen LogP contribution in [-0.4, -0.2) is 9.59 Å². The maximum atomic E-state index is 4.60. The zero-order valence-corrected chi connectivity index (χ0v) is 16.0. The number of rotatable bonds is 6. The summed E-state index contributed by atoms with van der Waals surface area (Å²) in [5.41, 5.74) is 3.83. The monoisotopic (exact) mass is 363 g/mol. The number of hydrogen-bond acceptors (Lipinski definition) is 4. The van der Waals surface area contributed by atoms with E-state index in [-0.39, 0.29) is 12.1 Å². The van der Waals surface area contributed by atoms with Gasteiger partial charge in [-0.15, -0.1) is 5.10 Å². The lowest BCUT2D eigenvalue weighted by molar-refractivity contribution is 0.355. The van der Waals surface area contributed by atoms with Crippen molar-refractivity contribution >= 4 is 11.5 Å². The van der Waals surface area contributed by atoms with Gasteiger partial charge in [0.15, 0.2) is 0 Å². The summed E-state index contributed by atoms with van der Waals surface area (Å²) in [6, 6.07) is 21.9. The lowest BCUT2D eigenvalue weighted by atomic mass is 9.80. The first-order valence-corrected chi connectivity index (χ1v) is 10.3. The summed E-state index contributed by atoms with van der Waals surface area (Å²) in [4.78, 5) is 1.28. The summed E-state index contributed by atoms with van der Waals surface area (Å²) >= 11 is 1.54. The van der Waals surface area contributed by atoms with Gasteiger partial charge in [-0.2, -0.15) is 0 Å². The largest absolute Gasteiger partial charge is 0.298 e. The van der Waals surface area contributed by atoms with Crippen molar-refractivity contribution in [3.8, 4) is 0 Å². The highest BCUT2D eigenvalue weighted by molar-refractivity contribution is 7.05. The van der Waals surface area contributed by atoms with Crippen molar-refractivity contribution in [3.05, 3.63) is 82.4 Å². The van der Waals surface area contributed by atoms with Gasteiger partial charge in [-0.25, -0.2) is 0 Å². The SMILES string of the molecule is CCCCCC1c2nnsc2C(c2ccccc2)NC1c1ccccc1. The van der Waals surface area contributed by atoms with Gasteiger partial charge in [0.25, 0.3) is 0 Å². The summed E-state index contributed by atoms with van der Waals surface area (Å²) in [5.74, 6) is 0.387. The molecule has 1 aliphatic rings. The molecule has 0 aliphatic carbocycles. The Kier molecular flexibility index (Phi) is 5.42. The number of fused-ring (bicyclic) bond motifs is 1. The normalized spacial score (nSPS) is 22.1. The van der Waals surface area contributed by atoms with Crippen molar-refractivity contribution < 1.29 is 0 Å². The molecule has 0 bridgehead atoms. The van der Waals surface area contributed by atoms with Gasteiger partial charge in [-0.1, -0.05) is 91.3 Å². The summed E-state index contributed by atoms with van der Waals surface area (Å²) in [5, 5.41) is 8.53. The van der Waals surface area contributed by atoms with Gasteiger partial charge in [-0.3, -0.25) is 5.32 Å². The molecule has 0 spiro atoms. The smallest absolute Gasteiger partial charge is 0.0857 e. The molecule has 26 heavy (non-hydrogen) atoms. The van der Waals surface area contributed by atoms with Crippen LogP contribution in [0.4, 0.5) is 0 Å². The molecule has 2 aromatic carbocycles. The van der Waals surface area contributed by atoms with E-state index in [0.717, 1.165) is 6.42 Å². The van der Waals surface area contributed by atoms with Crippen LogP contribution in [-0.2, 0) is 0 Å². The maximum Gasteiger partial charge on any atom is 0.0857 e. The second-order valence-corrected chi connectivity index (χ2v) is 7.81. The minimum atomic E-state index is 0.166. The van der Waals surface area contributed by atoms with Gasteiger partial charge >= 0.3 is 0 Å². The summed E-state index contributed by atoms with van der Waals surface area (Å²) in [6.07, 6.45) is 4.90. The molecule has 4 rings (SSSR count). The molecule has 1 aromatic heterocycles. The molecule has 1 aliphatic heterocycles. The second kappa shape index (κ2) is 8.11. The van der Waals surface area contributed by atoms with E-state index >= 15 is 0 Å². The third-order valence-electron chi connectivity index (χ3n) is 5.31. The summed E-state index contributed by atoms with van der Waals surface area (Å²) in [7, 11) is 0. The van der Waals surface area contributed by atoms with E-state index in [2.05, 4.69) is 82.5 Å². The Labute approximate surface area is 159 Å². The quantitative estimate of drug-likeness (QED) is 0.576. The average molecular weight is 364 g/mol. The highest BCUT2D eigenvalue weighted by Gasteiger charge is 2.38. The molecular formula is C22H25N3S. The Balaban J connectivity index is 1.73. The van der Waals surface area contributed by atoms with Crippen LogP contribution in [0.3, 0.4) is 0 Å². The van der Waals surface area contributed by atoms with E-state index in [9.17, 15) is 0 Å². The molecule has 0 amide bonds. The Morgan fingerprint density at radius 3 is 2.31 bits per heavy atom. The average Bonchev–Trinajstić information content (AvgIpc) is 3.19. The Hall–Kier alpha value is -2.04. The van der Waals surface area contributed by atoms with Crippen LogP contribution in [0, 0.1) is 0 Å². The van der Waals surface area contributed by atoms with Crippen molar-refractivity contribution in [1.29, 1.82) is 0 Å². The van der Waals surface area contributed by atoms with Crippen LogP contribution >= 0.6 is 11.5 Å². The van der Waals surface area contributed by atoms with Gasteiger partial charge < -0.3 is 0 Å². The van der Waals surface area contributed by atoms with E-state index in [1.165, 1.54) is 41.0 Å². The highest BCUT2D eigenvalue weighted by Crippen LogP contribution is 2.45. The fourth-order valence-electron chi connectivity index (χ4n) is 3.99. The van der Waals surface area contributed by atoms with Crippen molar-refractivity contribution in [2.45, 2.75) is 50.6 Å². The van der Waals surface area contributed by atoms with E-state index in [1.54, 1.807) is 11.5 Å². The molecule has 134 valence electrons. The lowest BCUT2D eigenvalue weighted by Gasteiger charge is -2.37. The number of aromatic nitrogens is 2. The van der Waals surface area contributed by atoms with Crippen molar-refractivity contribution in [3.63, 3.8) is 0 Å². The Morgan fingerprint density at radius 1 is 0.923 bits per heavy atom. The van der Waals surface area contributed by atoms with Crippen molar-refractivity contribution in [1.82, 2.24) is 14.9 Å². The molecule has 3 unspecified atom stereocenters. The van der Waals surface area contributed by atoms with Gasteiger partial charge in [0, 0.05) is 12.0 Å². The molecular weight excluding hydrogens is 338 g/mol. The molecule has 3 atom stereocenters. The predicted octanol–water partition coefficient (Wildman–Crippen LogP) is 5.64. The fourth-order valence-corrected chi connectivity index (χ4v) is 4.80. The second-order valence-electron chi connectivity index (χ2n) is 7.02. The Bertz CT molecular complexity index is 816. The maximum absolute atomic E-state index is 4.60. The molecule has 3 nitrogen and oxygen atoms in total. The van der Waals surface area contributed by atoms with Crippen LogP contribution in [0.15, 0.2) is 60.7 Å². The van der Waals surface area contributed by atoms with Crippen LogP contribution in [0.25, 0.3) is 0 Å². The van der Waals surface area contributed by atoms with Gasteiger partial charge in [-0.05, 0) is 29.1 Å². The van der Waals surface area contributed by atoms with Gasteiger partial charge in [0.05, 0.1) is 16.6 Å². The van der Waals surface area contributed by atoms with Gasteiger partial charge in [0.2, 0.25) is 0 Å². The van der Waals surface area contributed by atoms with Crippen LogP contribution in [0.1, 0.15) is 72.3 Å². The van der Waals surface area contributed by atoms with Crippen LogP contribution in [0.5, 0.6) is 0 Å². The standard InChI is InChI=1S/C22H25N3S/c1-2-3-6-15-18-19(16-11-7-4-8-12-16)23-20(17-13-9-5-10-14-17)22-21(18)24-25-26-22/h4-5,7-14,18-20,23H,2-3,6,15H2,1H3. The zero-order chi connectivity index (χ0) is 17.8. The van der Waals surface area contributed by atoms with E-state index in [1.807, 2.05) is 0 Å². The first kappa shape index (κ1) is 17.4. The molecule has 0 saturated heterocycles.